The van der Waals surface area contributed by atoms with E-state index in [1.165, 1.54) is 12.1 Å². The second-order valence-electron chi connectivity index (χ2n) is 8.21. The van der Waals surface area contributed by atoms with E-state index in [4.69, 9.17) is 0 Å². The van der Waals surface area contributed by atoms with Crippen molar-refractivity contribution in [1.82, 2.24) is 25.6 Å². The molecule has 0 fully saturated rings. The number of hydrogen-bond donors (Lipinski definition) is 3. The number of aryl methyl sites for hydroxylation is 1. The maximum Gasteiger partial charge on any atom is 0.290 e. The number of aromatic nitrogens is 3. The van der Waals surface area contributed by atoms with Gasteiger partial charge in [-0.3, -0.25) is 20.4 Å². The fourth-order valence-electron chi connectivity index (χ4n) is 3.89. The highest BCUT2D eigenvalue weighted by molar-refractivity contribution is 5.95. The SMILES string of the molecule is Cc1ccc(-c2cc(C(=O)NNC(=O)Cc3c[nH]c4ccccc34)nn2-c2ccc(F)cc2)cc1. The third kappa shape index (κ3) is 4.67. The molecule has 2 amide bonds. The van der Waals surface area contributed by atoms with Gasteiger partial charge in [-0.2, -0.15) is 5.10 Å². The lowest BCUT2D eigenvalue weighted by molar-refractivity contribution is -0.121. The van der Waals surface area contributed by atoms with Crippen LogP contribution in [0.1, 0.15) is 21.6 Å². The molecular formula is C27H22FN5O2. The average Bonchev–Trinajstić information content (AvgIpc) is 3.49. The van der Waals surface area contributed by atoms with Crippen molar-refractivity contribution in [2.24, 2.45) is 0 Å². The number of carbonyl (C=O) groups excluding carboxylic acids is 2. The second-order valence-corrected chi connectivity index (χ2v) is 8.21. The molecule has 35 heavy (non-hydrogen) atoms. The number of nitrogens with zero attached hydrogens (tertiary/aromatic N) is 2. The summed E-state index contributed by atoms with van der Waals surface area (Å²) in [6.45, 7) is 1.99. The number of fused-ring (bicyclic) bond motifs is 1. The number of H-pyrrole nitrogens is 1. The van der Waals surface area contributed by atoms with Crippen LogP contribution >= 0.6 is 0 Å². The lowest BCUT2D eigenvalue weighted by Gasteiger charge is -2.08. The van der Waals surface area contributed by atoms with Crippen molar-refractivity contribution in [3.63, 3.8) is 0 Å². The quantitative estimate of drug-likeness (QED) is 0.333. The van der Waals surface area contributed by atoms with Crippen LogP contribution in [0.15, 0.2) is 85.1 Å². The van der Waals surface area contributed by atoms with Gasteiger partial charge in [-0.05, 0) is 48.9 Å². The zero-order valence-electron chi connectivity index (χ0n) is 18.9. The molecule has 0 unspecified atom stereocenters. The summed E-state index contributed by atoms with van der Waals surface area (Å²) in [7, 11) is 0. The van der Waals surface area contributed by atoms with Gasteiger partial charge in [0.1, 0.15) is 5.82 Å². The van der Waals surface area contributed by atoms with Gasteiger partial charge in [0.15, 0.2) is 5.69 Å². The maximum atomic E-state index is 13.5. The summed E-state index contributed by atoms with van der Waals surface area (Å²) < 4.78 is 15.0. The number of halogens is 1. The van der Waals surface area contributed by atoms with Crippen LogP contribution in [0, 0.1) is 12.7 Å². The Kier molecular flexibility index (Phi) is 5.85. The molecule has 0 saturated carbocycles. The minimum absolute atomic E-state index is 0.100. The summed E-state index contributed by atoms with van der Waals surface area (Å²) in [6, 6.07) is 22.9. The maximum absolute atomic E-state index is 13.5. The first-order chi connectivity index (χ1) is 17.0. The van der Waals surface area contributed by atoms with Gasteiger partial charge in [-0.1, -0.05) is 48.0 Å². The molecule has 174 valence electrons. The fourth-order valence-corrected chi connectivity index (χ4v) is 3.89. The molecule has 0 aliphatic heterocycles. The topological polar surface area (TPSA) is 91.8 Å². The molecular weight excluding hydrogens is 445 g/mol. The molecule has 0 aliphatic rings. The minimum Gasteiger partial charge on any atom is -0.361 e. The van der Waals surface area contributed by atoms with E-state index in [2.05, 4.69) is 20.9 Å². The van der Waals surface area contributed by atoms with Crippen molar-refractivity contribution >= 4 is 22.7 Å². The molecule has 7 nitrogen and oxygen atoms in total. The van der Waals surface area contributed by atoms with Gasteiger partial charge >= 0.3 is 0 Å². The van der Waals surface area contributed by atoms with Crippen molar-refractivity contribution in [2.45, 2.75) is 13.3 Å². The molecule has 3 aromatic carbocycles. The number of hydrazine groups is 1. The van der Waals surface area contributed by atoms with Crippen molar-refractivity contribution in [3.8, 4) is 16.9 Å². The summed E-state index contributed by atoms with van der Waals surface area (Å²) in [5.41, 5.74) is 9.97. The highest BCUT2D eigenvalue weighted by Gasteiger charge is 2.18. The van der Waals surface area contributed by atoms with Crippen LogP contribution in [0.3, 0.4) is 0 Å². The fraction of sp³-hybridized carbons (Fsp3) is 0.0741. The standard InChI is InChI=1S/C27H22FN5O2/c1-17-6-8-18(9-7-17)25-15-24(32-33(25)21-12-10-20(28)11-13-21)27(35)31-30-26(34)14-19-16-29-23-5-3-2-4-22(19)23/h2-13,15-16,29H,14H2,1H3,(H,30,34)(H,31,35). The molecule has 0 radical (unpaired) electrons. The Bertz CT molecular complexity index is 1450. The molecule has 0 saturated heterocycles. The van der Waals surface area contributed by atoms with E-state index >= 15 is 0 Å². The third-order valence-electron chi connectivity index (χ3n) is 5.70. The molecule has 2 aromatic heterocycles. The Morgan fingerprint density at radius 2 is 1.71 bits per heavy atom. The van der Waals surface area contributed by atoms with Gasteiger partial charge in [0.25, 0.3) is 5.91 Å². The molecule has 0 aliphatic carbocycles. The molecule has 0 spiro atoms. The van der Waals surface area contributed by atoms with E-state index in [1.54, 1.807) is 29.1 Å². The van der Waals surface area contributed by atoms with E-state index in [-0.39, 0.29) is 23.8 Å². The highest BCUT2D eigenvalue weighted by Crippen LogP contribution is 2.25. The van der Waals surface area contributed by atoms with Gasteiger partial charge in [0.2, 0.25) is 5.91 Å². The van der Waals surface area contributed by atoms with Crippen LogP contribution in [-0.4, -0.2) is 26.6 Å². The molecule has 5 aromatic rings. The summed E-state index contributed by atoms with van der Waals surface area (Å²) in [4.78, 5) is 28.4. The lowest BCUT2D eigenvalue weighted by atomic mass is 10.1. The lowest BCUT2D eigenvalue weighted by Crippen LogP contribution is -2.42. The van der Waals surface area contributed by atoms with Crippen LogP contribution in [0.2, 0.25) is 0 Å². The highest BCUT2D eigenvalue weighted by atomic mass is 19.1. The Hall–Kier alpha value is -4.72. The summed E-state index contributed by atoms with van der Waals surface area (Å²) in [5, 5.41) is 5.38. The smallest absolute Gasteiger partial charge is 0.290 e. The summed E-state index contributed by atoms with van der Waals surface area (Å²) in [5.74, 6) is -1.29. The summed E-state index contributed by atoms with van der Waals surface area (Å²) >= 11 is 0. The molecule has 3 N–H and O–H groups in total. The largest absolute Gasteiger partial charge is 0.361 e. The predicted molar refractivity (Wildman–Crippen MR) is 131 cm³/mol. The van der Waals surface area contributed by atoms with Gasteiger partial charge in [0.05, 0.1) is 17.8 Å². The van der Waals surface area contributed by atoms with E-state index in [1.807, 2.05) is 55.5 Å². The molecule has 0 bridgehead atoms. The molecule has 0 atom stereocenters. The third-order valence-corrected chi connectivity index (χ3v) is 5.70. The Morgan fingerprint density at radius 1 is 0.971 bits per heavy atom. The van der Waals surface area contributed by atoms with Crippen LogP contribution in [0.25, 0.3) is 27.8 Å². The van der Waals surface area contributed by atoms with Crippen LogP contribution in [0.5, 0.6) is 0 Å². The first kappa shape index (κ1) is 22.1. The van der Waals surface area contributed by atoms with Gasteiger partial charge in [-0.15, -0.1) is 0 Å². The number of carbonyl (C=O) groups is 2. The van der Waals surface area contributed by atoms with Gasteiger partial charge < -0.3 is 4.98 Å². The summed E-state index contributed by atoms with van der Waals surface area (Å²) in [6.07, 6.45) is 1.88. The number of hydrogen-bond acceptors (Lipinski definition) is 3. The number of amides is 2. The van der Waals surface area contributed by atoms with E-state index in [0.717, 1.165) is 27.6 Å². The van der Waals surface area contributed by atoms with Crippen LogP contribution in [0.4, 0.5) is 4.39 Å². The number of para-hydroxylation sites is 1. The minimum atomic E-state index is -0.563. The van der Waals surface area contributed by atoms with Crippen LogP contribution in [-0.2, 0) is 11.2 Å². The van der Waals surface area contributed by atoms with Crippen LogP contribution < -0.4 is 10.9 Å². The number of rotatable bonds is 5. The number of aromatic amines is 1. The van der Waals surface area contributed by atoms with Gasteiger partial charge in [-0.25, -0.2) is 9.07 Å². The predicted octanol–water partition coefficient (Wildman–Crippen LogP) is 4.47. The monoisotopic (exact) mass is 467 g/mol. The van der Waals surface area contributed by atoms with Crippen molar-refractivity contribution < 1.29 is 14.0 Å². The van der Waals surface area contributed by atoms with Gasteiger partial charge in [0, 0.05) is 22.7 Å². The molecule has 8 heteroatoms. The van der Waals surface area contributed by atoms with E-state index in [0.29, 0.717) is 11.4 Å². The molecule has 2 heterocycles. The van der Waals surface area contributed by atoms with E-state index in [9.17, 15) is 14.0 Å². The van der Waals surface area contributed by atoms with Crippen molar-refractivity contribution in [2.75, 3.05) is 0 Å². The zero-order valence-corrected chi connectivity index (χ0v) is 18.9. The Balaban J connectivity index is 1.35. The first-order valence-electron chi connectivity index (χ1n) is 11.0. The van der Waals surface area contributed by atoms with Crippen molar-refractivity contribution in [1.29, 1.82) is 0 Å². The second kappa shape index (κ2) is 9.26. The van der Waals surface area contributed by atoms with Crippen molar-refractivity contribution in [3.05, 3.63) is 108 Å². The Labute approximate surface area is 200 Å². The Morgan fingerprint density at radius 3 is 2.49 bits per heavy atom. The first-order valence-corrected chi connectivity index (χ1v) is 11.0. The normalized spacial score (nSPS) is 10.9. The zero-order chi connectivity index (χ0) is 24.4. The molecule has 5 rings (SSSR count). The number of benzene rings is 3. The number of nitrogens with one attached hydrogen (secondary N) is 3. The average molecular weight is 468 g/mol. The van der Waals surface area contributed by atoms with E-state index < -0.39 is 5.91 Å².